The number of rotatable bonds is 3. The van der Waals surface area contributed by atoms with Crippen LogP contribution in [0.25, 0.3) is 0 Å². The monoisotopic (exact) mass is 321 g/mol. The van der Waals surface area contributed by atoms with Crippen molar-refractivity contribution in [2.45, 2.75) is 12.3 Å². The van der Waals surface area contributed by atoms with Gasteiger partial charge in [0.2, 0.25) is 0 Å². The third-order valence-electron chi connectivity index (χ3n) is 4.24. The topological polar surface area (TPSA) is 40.5 Å². The first-order valence-corrected chi connectivity index (χ1v) is 8.31. The number of amides is 1. The standard InChI is InChI=1S/C19H15NO2S/c21-18-16-10-4-5-11-17(16)19(22,14-7-2-1-3-8-14)20(18)13-15-9-6-12-23-15/h1-12,22H,13H2. The van der Waals surface area contributed by atoms with Crippen molar-refractivity contribution in [2.24, 2.45) is 0 Å². The molecule has 0 fully saturated rings. The summed E-state index contributed by atoms with van der Waals surface area (Å²) in [4.78, 5) is 15.5. The summed E-state index contributed by atoms with van der Waals surface area (Å²) >= 11 is 1.58. The predicted octanol–water partition coefficient (Wildman–Crippen LogP) is 3.60. The second kappa shape index (κ2) is 5.33. The number of hydrogen-bond donors (Lipinski definition) is 1. The van der Waals surface area contributed by atoms with Crippen molar-refractivity contribution in [3.63, 3.8) is 0 Å². The second-order valence-corrected chi connectivity index (χ2v) is 6.59. The minimum Gasteiger partial charge on any atom is -0.363 e. The molecule has 3 aromatic rings. The van der Waals surface area contributed by atoms with Crippen molar-refractivity contribution in [2.75, 3.05) is 0 Å². The first-order chi connectivity index (χ1) is 11.2. The molecule has 1 aliphatic heterocycles. The summed E-state index contributed by atoms with van der Waals surface area (Å²) in [6.07, 6.45) is 0. The van der Waals surface area contributed by atoms with Gasteiger partial charge in [-0.15, -0.1) is 11.3 Å². The van der Waals surface area contributed by atoms with Gasteiger partial charge in [0.15, 0.2) is 5.72 Å². The van der Waals surface area contributed by atoms with E-state index in [1.54, 1.807) is 22.3 Å². The van der Waals surface area contributed by atoms with Crippen molar-refractivity contribution < 1.29 is 9.90 Å². The summed E-state index contributed by atoms with van der Waals surface area (Å²) in [6, 6.07) is 20.6. The predicted molar refractivity (Wildman–Crippen MR) is 90.1 cm³/mol. The molecule has 0 saturated carbocycles. The molecule has 1 atom stereocenters. The van der Waals surface area contributed by atoms with E-state index in [9.17, 15) is 9.90 Å². The Labute approximate surface area is 138 Å². The Balaban J connectivity index is 1.89. The van der Waals surface area contributed by atoms with E-state index in [2.05, 4.69) is 0 Å². The molecule has 0 aliphatic carbocycles. The van der Waals surface area contributed by atoms with Crippen LogP contribution in [0.3, 0.4) is 0 Å². The first kappa shape index (κ1) is 14.2. The van der Waals surface area contributed by atoms with Gasteiger partial charge in [-0.3, -0.25) is 9.69 Å². The van der Waals surface area contributed by atoms with E-state index in [1.165, 1.54) is 0 Å². The van der Waals surface area contributed by atoms with Crippen LogP contribution in [0.1, 0.15) is 26.4 Å². The second-order valence-electron chi connectivity index (χ2n) is 5.55. The summed E-state index contributed by atoms with van der Waals surface area (Å²) in [5, 5.41) is 13.5. The molecule has 2 heterocycles. The molecule has 114 valence electrons. The van der Waals surface area contributed by atoms with E-state index in [-0.39, 0.29) is 5.91 Å². The smallest absolute Gasteiger partial charge is 0.257 e. The van der Waals surface area contributed by atoms with E-state index in [0.717, 1.165) is 4.88 Å². The molecule has 1 aromatic heterocycles. The van der Waals surface area contributed by atoms with E-state index in [0.29, 0.717) is 23.2 Å². The van der Waals surface area contributed by atoms with Gasteiger partial charge in [-0.25, -0.2) is 0 Å². The number of nitrogens with zero attached hydrogens (tertiary/aromatic N) is 1. The molecule has 1 aliphatic rings. The molecule has 1 amide bonds. The summed E-state index contributed by atoms with van der Waals surface area (Å²) < 4.78 is 0. The largest absolute Gasteiger partial charge is 0.363 e. The Hall–Kier alpha value is -2.43. The molecule has 0 saturated heterocycles. The van der Waals surface area contributed by atoms with Gasteiger partial charge in [-0.05, 0) is 17.5 Å². The Morgan fingerprint density at radius 2 is 1.70 bits per heavy atom. The molecule has 1 unspecified atom stereocenters. The van der Waals surface area contributed by atoms with Crippen molar-refractivity contribution in [1.82, 2.24) is 4.90 Å². The highest BCUT2D eigenvalue weighted by Gasteiger charge is 2.49. The Morgan fingerprint density at radius 3 is 2.43 bits per heavy atom. The fourth-order valence-corrected chi connectivity index (χ4v) is 3.83. The number of carbonyl (C=O) groups is 1. The van der Waals surface area contributed by atoms with Gasteiger partial charge in [-0.2, -0.15) is 0 Å². The molecule has 4 rings (SSSR count). The number of hydrogen-bond acceptors (Lipinski definition) is 3. The Bertz CT molecular complexity index is 845. The van der Waals surface area contributed by atoms with E-state index in [1.807, 2.05) is 66.0 Å². The maximum absolute atomic E-state index is 12.9. The normalized spacial score (nSPS) is 19.9. The number of benzene rings is 2. The zero-order chi connectivity index (χ0) is 15.9. The maximum Gasteiger partial charge on any atom is 0.257 e. The molecular formula is C19H15NO2S. The number of carbonyl (C=O) groups excluding carboxylic acids is 1. The lowest BCUT2D eigenvalue weighted by Crippen LogP contribution is -2.44. The Morgan fingerprint density at radius 1 is 0.957 bits per heavy atom. The van der Waals surface area contributed by atoms with E-state index >= 15 is 0 Å². The van der Waals surface area contributed by atoms with Crippen LogP contribution in [0, 0.1) is 0 Å². The fourth-order valence-electron chi connectivity index (χ4n) is 3.14. The van der Waals surface area contributed by atoms with Crippen LogP contribution >= 0.6 is 11.3 Å². The zero-order valence-electron chi connectivity index (χ0n) is 12.3. The highest BCUT2D eigenvalue weighted by atomic mass is 32.1. The van der Waals surface area contributed by atoms with Crippen LogP contribution in [-0.2, 0) is 12.3 Å². The van der Waals surface area contributed by atoms with Gasteiger partial charge in [0.1, 0.15) is 0 Å². The van der Waals surface area contributed by atoms with Gasteiger partial charge in [0.25, 0.3) is 5.91 Å². The number of thiophene rings is 1. The lowest BCUT2D eigenvalue weighted by atomic mass is 9.94. The van der Waals surface area contributed by atoms with E-state index in [4.69, 9.17) is 0 Å². The maximum atomic E-state index is 12.9. The van der Waals surface area contributed by atoms with Gasteiger partial charge in [0, 0.05) is 21.6 Å². The number of aliphatic hydroxyl groups is 1. The summed E-state index contributed by atoms with van der Waals surface area (Å²) in [5.74, 6) is -0.139. The van der Waals surface area contributed by atoms with Gasteiger partial charge < -0.3 is 5.11 Å². The average molecular weight is 321 g/mol. The van der Waals surface area contributed by atoms with Crippen LogP contribution in [0.4, 0.5) is 0 Å². The lowest BCUT2D eigenvalue weighted by Gasteiger charge is -2.34. The summed E-state index contributed by atoms with van der Waals surface area (Å²) in [7, 11) is 0. The third kappa shape index (κ3) is 2.11. The van der Waals surface area contributed by atoms with Crippen molar-refractivity contribution in [1.29, 1.82) is 0 Å². The highest BCUT2D eigenvalue weighted by Crippen LogP contribution is 2.43. The fraction of sp³-hybridized carbons (Fsp3) is 0.105. The van der Waals surface area contributed by atoms with Crippen molar-refractivity contribution in [3.8, 4) is 0 Å². The van der Waals surface area contributed by atoms with Gasteiger partial charge >= 0.3 is 0 Å². The third-order valence-corrected chi connectivity index (χ3v) is 5.10. The minimum atomic E-state index is -1.43. The van der Waals surface area contributed by atoms with Crippen molar-refractivity contribution >= 4 is 17.2 Å². The average Bonchev–Trinajstić information content (AvgIpc) is 3.19. The van der Waals surface area contributed by atoms with Crippen molar-refractivity contribution in [3.05, 3.63) is 93.7 Å². The quantitative estimate of drug-likeness (QED) is 0.801. The molecule has 0 bridgehead atoms. The summed E-state index contributed by atoms with van der Waals surface area (Å²) in [6.45, 7) is 0.385. The lowest BCUT2D eigenvalue weighted by molar-refractivity contribution is -0.0538. The molecule has 3 nitrogen and oxygen atoms in total. The molecule has 23 heavy (non-hydrogen) atoms. The number of fused-ring (bicyclic) bond motifs is 1. The zero-order valence-corrected chi connectivity index (χ0v) is 13.2. The minimum absolute atomic E-state index is 0.139. The van der Waals surface area contributed by atoms with Crippen LogP contribution in [0.5, 0.6) is 0 Å². The first-order valence-electron chi connectivity index (χ1n) is 7.43. The van der Waals surface area contributed by atoms with E-state index < -0.39 is 5.72 Å². The highest BCUT2D eigenvalue weighted by molar-refractivity contribution is 7.09. The Kier molecular flexibility index (Phi) is 3.29. The van der Waals surface area contributed by atoms with Crippen LogP contribution in [-0.4, -0.2) is 15.9 Å². The molecule has 4 heteroatoms. The van der Waals surface area contributed by atoms with Gasteiger partial charge in [-0.1, -0.05) is 54.6 Å². The molecule has 0 radical (unpaired) electrons. The molecule has 2 aromatic carbocycles. The van der Waals surface area contributed by atoms with Crippen LogP contribution in [0.2, 0.25) is 0 Å². The molecule has 0 spiro atoms. The SMILES string of the molecule is O=C1c2ccccc2C(O)(c2ccccc2)N1Cc1cccs1. The molecule has 1 N–H and O–H groups in total. The van der Waals surface area contributed by atoms with Crippen LogP contribution in [0.15, 0.2) is 72.1 Å². The molecular weight excluding hydrogens is 306 g/mol. The van der Waals surface area contributed by atoms with Crippen LogP contribution < -0.4 is 0 Å². The summed E-state index contributed by atoms with van der Waals surface area (Å²) in [5.41, 5.74) is 0.483. The van der Waals surface area contributed by atoms with Gasteiger partial charge in [0.05, 0.1) is 6.54 Å².